The number of nitrogen functional groups attached to an aromatic ring is 1. The molecule has 0 aliphatic rings. The van der Waals surface area contributed by atoms with Crippen LogP contribution < -0.4 is 11.1 Å². The average Bonchev–Trinajstić information content (AvgIpc) is 2.16. The van der Waals surface area contributed by atoms with E-state index in [1.54, 1.807) is 0 Å². The molecule has 0 aliphatic heterocycles. The molecule has 0 heterocycles. The van der Waals surface area contributed by atoms with Crippen molar-refractivity contribution in [3.63, 3.8) is 0 Å². The van der Waals surface area contributed by atoms with Gasteiger partial charge in [0, 0.05) is 6.54 Å². The Labute approximate surface area is 78.6 Å². The van der Waals surface area contributed by atoms with Crippen molar-refractivity contribution in [1.29, 1.82) is 0 Å². The highest BCUT2D eigenvalue weighted by molar-refractivity contribution is 5.65. The summed E-state index contributed by atoms with van der Waals surface area (Å²) in [6, 6.07) is 7.53. The Balaban J connectivity index is 2.50. The molecule has 3 heteroatoms. The topological polar surface area (TPSA) is 58.3 Å². The Morgan fingerprint density at radius 2 is 2.15 bits per heavy atom. The second-order valence-electron chi connectivity index (χ2n) is 3.03. The lowest BCUT2D eigenvalue weighted by Gasteiger charge is -2.11. The summed E-state index contributed by atoms with van der Waals surface area (Å²) in [6.07, 6.45) is 0.444. The van der Waals surface area contributed by atoms with Gasteiger partial charge in [0.2, 0.25) is 0 Å². The van der Waals surface area contributed by atoms with Crippen molar-refractivity contribution in [3.05, 3.63) is 24.3 Å². The zero-order chi connectivity index (χ0) is 9.68. The average molecular weight is 180 g/mol. The fourth-order valence-corrected chi connectivity index (χ4v) is 1.03. The third-order valence-electron chi connectivity index (χ3n) is 1.96. The zero-order valence-electron chi connectivity index (χ0n) is 7.83. The second-order valence-corrected chi connectivity index (χ2v) is 3.03. The lowest BCUT2D eigenvalue weighted by atomic mass is 10.2. The first kappa shape index (κ1) is 9.86. The molecule has 3 nitrogen and oxygen atoms in total. The first-order chi connectivity index (χ1) is 6.24. The summed E-state index contributed by atoms with van der Waals surface area (Å²) in [4.78, 5) is 0. The van der Waals surface area contributed by atoms with Gasteiger partial charge in [-0.15, -0.1) is 0 Å². The fourth-order valence-electron chi connectivity index (χ4n) is 1.03. The maximum absolute atomic E-state index is 9.31. The van der Waals surface area contributed by atoms with Gasteiger partial charge in [-0.25, -0.2) is 0 Å². The standard InChI is InChI=1S/C10H16N2O/c1-2-8(13)7-12-10-6-4-3-5-9(10)11/h3-6,8,12-13H,2,7,11H2,1H3. The molecule has 0 saturated carbocycles. The largest absolute Gasteiger partial charge is 0.397 e. The molecule has 0 amide bonds. The molecule has 1 rings (SSSR count). The molecule has 0 fully saturated rings. The highest BCUT2D eigenvalue weighted by atomic mass is 16.3. The van der Waals surface area contributed by atoms with Crippen LogP contribution in [0.2, 0.25) is 0 Å². The highest BCUT2D eigenvalue weighted by Gasteiger charge is 2.01. The maximum atomic E-state index is 9.31. The summed E-state index contributed by atoms with van der Waals surface area (Å²) in [5, 5.41) is 12.4. The first-order valence-electron chi connectivity index (χ1n) is 4.50. The third-order valence-corrected chi connectivity index (χ3v) is 1.96. The number of anilines is 2. The van der Waals surface area contributed by atoms with E-state index in [1.165, 1.54) is 0 Å². The van der Waals surface area contributed by atoms with Crippen LogP contribution in [-0.2, 0) is 0 Å². The minimum atomic E-state index is -0.306. The number of nitrogens with two attached hydrogens (primary N) is 1. The Morgan fingerprint density at radius 1 is 1.46 bits per heavy atom. The Morgan fingerprint density at radius 3 is 2.77 bits per heavy atom. The molecule has 72 valence electrons. The number of aliphatic hydroxyl groups is 1. The van der Waals surface area contributed by atoms with Crippen LogP contribution in [0.5, 0.6) is 0 Å². The van der Waals surface area contributed by atoms with Crippen LogP contribution in [0.4, 0.5) is 11.4 Å². The summed E-state index contributed by atoms with van der Waals surface area (Å²) >= 11 is 0. The Bertz CT molecular complexity index is 263. The minimum absolute atomic E-state index is 0.306. The monoisotopic (exact) mass is 180 g/mol. The highest BCUT2D eigenvalue weighted by Crippen LogP contribution is 2.16. The van der Waals surface area contributed by atoms with Crippen molar-refractivity contribution in [3.8, 4) is 0 Å². The summed E-state index contributed by atoms with van der Waals surface area (Å²) in [7, 11) is 0. The Kier molecular flexibility index (Phi) is 3.58. The van der Waals surface area contributed by atoms with Gasteiger partial charge in [0.1, 0.15) is 0 Å². The van der Waals surface area contributed by atoms with E-state index in [1.807, 2.05) is 31.2 Å². The molecule has 1 aromatic carbocycles. The van der Waals surface area contributed by atoms with E-state index in [2.05, 4.69) is 5.32 Å². The van der Waals surface area contributed by atoms with Crippen molar-refractivity contribution < 1.29 is 5.11 Å². The van der Waals surface area contributed by atoms with E-state index in [-0.39, 0.29) is 6.10 Å². The van der Waals surface area contributed by atoms with Gasteiger partial charge in [-0.3, -0.25) is 0 Å². The molecule has 0 radical (unpaired) electrons. The quantitative estimate of drug-likeness (QED) is 0.615. The van der Waals surface area contributed by atoms with E-state index in [0.29, 0.717) is 12.2 Å². The number of aliphatic hydroxyl groups excluding tert-OH is 1. The van der Waals surface area contributed by atoms with Crippen LogP contribution in [0.1, 0.15) is 13.3 Å². The maximum Gasteiger partial charge on any atom is 0.0709 e. The van der Waals surface area contributed by atoms with E-state index in [4.69, 9.17) is 5.73 Å². The van der Waals surface area contributed by atoms with Crippen molar-refractivity contribution >= 4 is 11.4 Å². The molecule has 1 aromatic rings. The zero-order valence-corrected chi connectivity index (χ0v) is 7.83. The number of rotatable bonds is 4. The SMILES string of the molecule is CCC(O)CNc1ccccc1N. The van der Waals surface area contributed by atoms with Gasteiger partial charge in [0.15, 0.2) is 0 Å². The molecular weight excluding hydrogens is 164 g/mol. The van der Waals surface area contributed by atoms with E-state index < -0.39 is 0 Å². The lowest BCUT2D eigenvalue weighted by molar-refractivity contribution is 0.183. The van der Waals surface area contributed by atoms with Crippen molar-refractivity contribution in [1.82, 2.24) is 0 Å². The predicted octanol–water partition coefficient (Wildman–Crippen LogP) is 1.45. The molecule has 1 unspecified atom stereocenters. The van der Waals surface area contributed by atoms with Crippen LogP contribution in [0.15, 0.2) is 24.3 Å². The van der Waals surface area contributed by atoms with Crippen molar-refractivity contribution in [2.45, 2.75) is 19.4 Å². The van der Waals surface area contributed by atoms with Gasteiger partial charge in [0.05, 0.1) is 17.5 Å². The smallest absolute Gasteiger partial charge is 0.0709 e. The van der Waals surface area contributed by atoms with Crippen LogP contribution in [0.3, 0.4) is 0 Å². The van der Waals surface area contributed by atoms with Crippen LogP contribution in [0, 0.1) is 0 Å². The van der Waals surface area contributed by atoms with E-state index >= 15 is 0 Å². The number of hydrogen-bond donors (Lipinski definition) is 3. The summed E-state index contributed by atoms with van der Waals surface area (Å²) in [5.74, 6) is 0. The fraction of sp³-hybridized carbons (Fsp3) is 0.400. The van der Waals surface area contributed by atoms with Gasteiger partial charge in [-0.05, 0) is 18.6 Å². The molecule has 0 saturated heterocycles. The summed E-state index contributed by atoms with van der Waals surface area (Å²) < 4.78 is 0. The molecule has 1 atom stereocenters. The van der Waals surface area contributed by atoms with Crippen molar-refractivity contribution in [2.75, 3.05) is 17.6 Å². The van der Waals surface area contributed by atoms with Gasteiger partial charge in [-0.1, -0.05) is 19.1 Å². The summed E-state index contributed by atoms with van der Waals surface area (Å²) in [6.45, 7) is 2.49. The van der Waals surface area contributed by atoms with Gasteiger partial charge in [-0.2, -0.15) is 0 Å². The lowest BCUT2D eigenvalue weighted by Crippen LogP contribution is -2.18. The molecule has 4 N–H and O–H groups in total. The minimum Gasteiger partial charge on any atom is -0.397 e. The molecule has 0 spiro atoms. The van der Waals surface area contributed by atoms with E-state index in [9.17, 15) is 5.11 Å². The third kappa shape index (κ3) is 2.95. The van der Waals surface area contributed by atoms with Gasteiger partial charge >= 0.3 is 0 Å². The number of para-hydroxylation sites is 2. The van der Waals surface area contributed by atoms with Crippen LogP contribution >= 0.6 is 0 Å². The molecule has 0 aromatic heterocycles. The molecule has 0 aliphatic carbocycles. The summed E-state index contributed by atoms with van der Waals surface area (Å²) in [5.41, 5.74) is 7.30. The molecular formula is C10H16N2O. The first-order valence-corrected chi connectivity index (χ1v) is 4.50. The molecule has 13 heavy (non-hydrogen) atoms. The number of nitrogens with one attached hydrogen (secondary N) is 1. The normalized spacial score (nSPS) is 12.5. The van der Waals surface area contributed by atoms with Crippen molar-refractivity contribution in [2.24, 2.45) is 0 Å². The Hall–Kier alpha value is -1.22. The second kappa shape index (κ2) is 4.72. The van der Waals surface area contributed by atoms with Gasteiger partial charge < -0.3 is 16.2 Å². The van der Waals surface area contributed by atoms with E-state index in [0.717, 1.165) is 12.1 Å². The molecule has 0 bridgehead atoms. The number of benzene rings is 1. The predicted molar refractivity (Wildman–Crippen MR) is 55.6 cm³/mol. The van der Waals surface area contributed by atoms with Crippen LogP contribution in [0.25, 0.3) is 0 Å². The van der Waals surface area contributed by atoms with Crippen LogP contribution in [-0.4, -0.2) is 17.8 Å². The number of hydrogen-bond acceptors (Lipinski definition) is 3. The van der Waals surface area contributed by atoms with Gasteiger partial charge in [0.25, 0.3) is 0 Å².